The van der Waals surface area contributed by atoms with E-state index in [1.165, 1.54) is 12.1 Å². The van der Waals surface area contributed by atoms with E-state index in [9.17, 15) is 25.0 Å². The van der Waals surface area contributed by atoms with Crippen molar-refractivity contribution in [3.8, 4) is 11.5 Å². The number of carbonyl (C=O) groups is 1. The average Bonchev–Trinajstić information content (AvgIpc) is 2.49. The van der Waals surface area contributed by atoms with Crippen molar-refractivity contribution in [2.75, 3.05) is 0 Å². The van der Waals surface area contributed by atoms with Crippen LogP contribution in [0.25, 0.3) is 0 Å². The van der Waals surface area contributed by atoms with Gasteiger partial charge < -0.3 is 9.47 Å². The molecule has 0 N–H and O–H groups in total. The van der Waals surface area contributed by atoms with Gasteiger partial charge in [0, 0.05) is 6.07 Å². The molecule has 2 aromatic carbocycles. The number of hydrogen-bond donors (Lipinski definition) is 0. The van der Waals surface area contributed by atoms with E-state index in [2.05, 4.69) is 0 Å². The van der Waals surface area contributed by atoms with Gasteiger partial charge in [0.05, 0.1) is 20.9 Å². The predicted molar refractivity (Wildman–Crippen MR) is 77.9 cm³/mol. The van der Waals surface area contributed by atoms with Gasteiger partial charge in [-0.15, -0.1) is 0 Å². The highest BCUT2D eigenvalue weighted by atomic mass is 35.5. The lowest BCUT2D eigenvalue weighted by molar-refractivity contribution is -0.394. The molecule has 2 rings (SSSR count). The molecule has 0 atom stereocenters. The lowest BCUT2D eigenvalue weighted by atomic mass is 10.2. The van der Waals surface area contributed by atoms with Crippen LogP contribution in [0.15, 0.2) is 42.5 Å². The minimum Gasteiger partial charge on any atom is -0.395 e. The summed E-state index contributed by atoms with van der Waals surface area (Å²) in [7, 11) is 0. The molecule has 0 bridgehead atoms. The van der Waals surface area contributed by atoms with Gasteiger partial charge in [-0.2, -0.15) is 0 Å². The van der Waals surface area contributed by atoms with E-state index in [1.807, 2.05) is 0 Å². The van der Waals surface area contributed by atoms with E-state index < -0.39 is 38.1 Å². The highest BCUT2D eigenvalue weighted by Gasteiger charge is 2.27. The number of para-hydroxylation sites is 1. The number of halogens is 1. The van der Waals surface area contributed by atoms with Gasteiger partial charge >= 0.3 is 11.8 Å². The maximum absolute atomic E-state index is 11.7. The Kier molecular flexibility index (Phi) is 4.72. The predicted octanol–water partition coefficient (Wildman–Crippen LogP) is 3.73. The van der Waals surface area contributed by atoms with Gasteiger partial charge in [-0.05, 0) is 12.1 Å². The first-order valence-electron chi connectivity index (χ1n) is 5.95. The molecule has 0 saturated carbocycles. The Balaban J connectivity index is 2.30. The van der Waals surface area contributed by atoms with Crippen molar-refractivity contribution in [3.05, 3.63) is 67.7 Å². The topological polar surface area (TPSA) is 122 Å². The maximum atomic E-state index is 11.7. The second kappa shape index (κ2) is 6.71. The largest absolute Gasteiger partial charge is 0.519 e. The van der Waals surface area contributed by atoms with Crippen LogP contribution >= 0.6 is 11.6 Å². The lowest BCUT2D eigenvalue weighted by Crippen LogP contribution is -2.15. The summed E-state index contributed by atoms with van der Waals surface area (Å²) in [5.74, 6) is -0.485. The summed E-state index contributed by atoms with van der Waals surface area (Å²) < 4.78 is 9.53. The van der Waals surface area contributed by atoms with E-state index in [-0.39, 0.29) is 5.75 Å². The SMILES string of the molecule is O=C(Oc1ccccc1)Oc1c(Cl)cc([N+](=O)[O-])cc1[N+](=O)[O-]. The molecule has 0 radical (unpaired) electrons. The van der Waals surface area contributed by atoms with Crippen molar-refractivity contribution in [1.29, 1.82) is 0 Å². The van der Waals surface area contributed by atoms with Crippen molar-refractivity contribution < 1.29 is 24.1 Å². The third-order valence-electron chi connectivity index (χ3n) is 2.55. The van der Waals surface area contributed by atoms with Gasteiger partial charge in [-0.3, -0.25) is 20.2 Å². The first kappa shape index (κ1) is 16.2. The monoisotopic (exact) mass is 338 g/mol. The second-order valence-electron chi connectivity index (χ2n) is 4.06. The molecular formula is C13H7ClN2O7. The molecule has 2 aromatic rings. The van der Waals surface area contributed by atoms with Crippen LogP contribution in [0.5, 0.6) is 11.5 Å². The van der Waals surface area contributed by atoms with Crippen LogP contribution in [0.4, 0.5) is 16.2 Å². The highest BCUT2D eigenvalue weighted by Crippen LogP contribution is 2.38. The molecule has 0 spiro atoms. The molecule has 118 valence electrons. The number of carbonyl (C=O) groups excluding carboxylic acids is 1. The molecule has 0 fully saturated rings. The summed E-state index contributed by atoms with van der Waals surface area (Å²) in [6, 6.07) is 9.29. The second-order valence-corrected chi connectivity index (χ2v) is 4.46. The van der Waals surface area contributed by atoms with Crippen molar-refractivity contribution >= 4 is 29.1 Å². The van der Waals surface area contributed by atoms with Gasteiger partial charge in [-0.1, -0.05) is 29.8 Å². The van der Waals surface area contributed by atoms with Gasteiger partial charge in [0.2, 0.25) is 5.75 Å². The average molecular weight is 339 g/mol. The smallest absolute Gasteiger partial charge is 0.395 e. The van der Waals surface area contributed by atoms with E-state index in [1.54, 1.807) is 18.2 Å². The zero-order valence-corrected chi connectivity index (χ0v) is 11.9. The van der Waals surface area contributed by atoms with Crippen molar-refractivity contribution in [3.63, 3.8) is 0 Å². The molecule has 0 aliphatic rings. The van der Waals surface area contributed by atoms with Gasteiger partial charge in [0.15, 0.2) is 0 Å². The van der Waals surface area contributed by atoms with Crippen LogP contribution in [0.3, 0.4) is 0 Å². The third-order valence-corrected chi connectivity index (χ3v) is 2.83. The van der Waals surface area contributed by atoms with Crippen molar-refractivity contribution in [2.24, 2.45) is 0 Å². The zero-order valence-electron chi connectivity index (χ0n) is 11.2. The molecule has 9 nitrogen and oxygen atoms in total. The minimum atomic E-state index is -1.27. The van der Waals surface area contributed by atoms with Crippen LogP contribution in [0.2, 0.25) is 5.02 Å². The number of nitro groups is 2. The Morgan fingerprint density at radius 1 is 1.00 bits per heavy atom. The molecule has 0 saturated heterocycles. The molecule has 10 heteroatoms. The minimum absolute atomic E-state index is 0.151. The molecule has 23 heavy (non-hydrogen) atoms. The van der Waals surface area contributed by atoms with E-state index in [0.717, 1.165) is 6.07 Å². The molecule has 0 heterocycles. The van der Waals surface area contributed by atoms with Crippen molar-refractivity contribution in [1.82, 2.24) is 0 Å². The maximum Gasteiger partial charge on any atom is 0.519 e. The Morgan fingerprint density at radius 3 is 2.22 bits per heavy atom. The summed E-state index contributed by atoms with van der Waals surface area (Å²) in [4.78, 5) is 31.5. The van der Waals surface area contributed by atoms with Crippen molar-refractivity contribution in [2.45, 2.75) is 0 Å². The first-order chi connectivity index (χ1) is 10.9. The normalized spacial score (nSPS) is 9.96. The summed E-state index contributed by atoms with van der Waals surface area (Å²) in [5, 5.41) is 21.2. The number of ether oxygens (including phenoxy) is 2. The fourth-order valence-corrected chi connectivity index (χ4v) is 1.84. The summed E-state index contributed by atoms with van der Waals surface area (Å²) >= 11 is 5.73. The number of nitro benzene ring substituents is 2. The summed E-state index contributed by atoms with van der Waals surface area (Å²) in [6.07, 6.45) is -1.27. The summed E-state index contributed by atoms with van der Waals surface area (Å²) in [6.45, 7) is 0. The molecule has 0 aromatic heterocycles. The van der Waals surface area contributed by atoms with E-state index in [4.69, 9.17) is 21.1 Å². The first-order valence-corrected chi connectivity index (χ1v) is 6.33. The van der Waals surface area contributed by atoms with Crippen LogP contribution in [-0.2, 0) is 0 Å². The zero-order chi connectivity index (χ0) is 17.0. The Morgan fingerprint density at radius 2 is 1.65 bits per heavy atom. The molecule has 0 aliphatic carbocycles. The van der Waals surface area contributed by atoms with Crippen LogP contribution in [0.1, 0.15) is 0 Å². The molecule has 0 amide bonds. The fourth-order valence-electron chi connectivity index (χ4n) is 1.60. The molecule has 0 unspecified atom stereocenters. The third kappa shape index (κ3) is 3.92. The Bertz CT molecular complexity index is 779. The number of benzene rings is 2. The number of rotatable bonds is 4. The standard InChI is InChI=1S/C13H7ClN2O7/c14-10-6-8(15(18)19)7-11(16(20)21)12(10)23-13(17)22-9-4-2-1-3-5-9/h1-7H. The number of non-ortho nitro benzene ring substituents is 1. The summed E-state index contributed by atoms with van der Waals surface area (Å²) in [5.41, 5.74) is -1.43. The van der Waals surface area contributed by atoms with Gasteiger partial charge in [0.1, 0.15) is 5.75 Å². The fraction of sp³-hybridized carbons (Fsp3) is 0. The van der Waals surface area contributed by atoms with E-state index >= 15 is 0 Å². The van der Waals surface area contributed by atoms with Gasteiger partial charge in [0.25, 0.3) is 5.69 Å². The Labute approximate surface area is 133 Å². The lowest BCUT2D eigenvalue weighted by Gasteiger charge is -2.07. The number of hydrogen-bond acceptors (Lipinski definition) is 7. The molecule has 0 aliphatic heterocycles. The quantitative estimate of drug-likeness (QED) is 0.360. The van der Waals surface area contributed by atoms with E-state index in [0.29, 0.717) is 6.07 Å². The number of nitrogens with zero attached hydrogens (tertiary/aromatic N) is 2. The van der Waals surface area contributed by atoms with Crippen LogP contribution in [0, 0.1) is 20.2 Å². The van der Waals surface area contributed by atoms with Crippen LogP contribution in [-0.4, -0.2) is 16.0 Å². The Hall–Kier alpha value is -3.20. The molecular weight excluding hydrogens is 332 g/mol. The van der Waals surface area contributed by atoms with Gasteiger partial charge in [-0.25, -0.2) is 4.79 Å². The highest BCUT2D eigenvalue weighted by molar-refractivity contribution is 6.32. The van der Waals surface area contributed by atoms with Crippen LogP contribution < -0.4 is 9.47 Å².